The normalized spacial score (nSPS) is 15.2. The minimum absolute atomic E-state index is 0.157. The van der Waals surface area contributed by atoms with E-state index in [0.717, 1.165) is 42.8 Å². The number of methoxy groups -OCH3 is 1. The van der Waals surface area contributed by atoms with Crippen molar-refractivity contribution in [1.29, 1.82) is 0 Å². The van der Waals surface area contributed by atoms with Crippen LogP contribution in [0.5, 0.6) is 11.5 Å². The molecule has 0 spiro atoms. The van der Waals surface area contributed by atoms with Crippen LogP contribution in [0.2, 0.25) is 0 Å². The second-order valence-electron chi connectivity index (χ2n) is 8.79. The average molecular weight is 477 g/mol. The Balaban J connectivity index is 1.35. The number of hydrogen-bond donors (Lipinski definition) is 2. The van der Waals surface area contributed by atoms with Crippen LogP contribution in [0.15, 0.2) is 36.7 Å². The summed E-state index contributed by atoms with van der Waals surface area (Å²) in [6.07, 6.45) is 3.89. The molecule has 184 valence electrons. The van der Waals surface area contributed by atoms with Gasteiger partial charge in [0.15, 0.2) is 11.5 Å². The van der Waals surface area contributed by atoms with Crippen LogP contribution in [0, 0.1) is 11.8 Å². The number of carbonyl (C=O) groups excluding carboxylic acids is 1. The summed E-state index contributed by atoms with van der Waals surface area (Å²) in [5.41, 5.74) is 1.45. The van der Waals surface area contributed by atoms with Gasteiger partial charge in [-0.3, -0.25) is 4.79 Å². The number of para-hydroxylation sites is 2. The summed E-state index contributed by atoms with van der Waals surface area (Å²) < 4.78 is 11.0. The third kappa shape index (κ3) is 6.43. The molecule has 1 amide bonds. The molecule has 35 heavy (non-hydrogen) atoms. The van der Waals surface area contributed by atoms with Gasteiger partial charge in [-0.1, -0.05) is 18.1 Å². The van der Waals surface area contributed by atoms with Crippen LogP contribution in [-0.2, 0) is 4.79 Å². The summed E-state index contributed by atoms with van der Waals surface area (Å²) in [7, 11) is 5.66. The molecule has 1 aromatic carbocycles. The molecule has 1 aliphatic rings. The number of anilines is 1. The fourth-order valence-corrected chi connectivity index (χ4v) is 4.11. The van der Waals surface area contributed by atoms with Gasteiger partial charge in [-0.25, -0.2) is 9.97 Å². The van der Waals surface area contributed by atoms with Crippen molar-refractivity contribution in [2.24, 2.45) is 0 Å². The molecule has 0 aliphatic carbocycles. The van der Waals surface area contributed by atoms with Gasteiger partial charge in [-0.15, -0.1) is 0 Å². The van der Waals surface area contributed by atoms with E-state index in [9.17, 15) is 4.79 Å². The van der Waals surface area contributed by atoms with Crippen molar-refractivity contribution in [3.63, 3.8) is 0 Å². The minimum atomic E-state index is 0.157. The molecule has 0 saturated carbocycles. The number of aromatic nitrogens is 3. The van der Waals surface area contributed by atoms with E-state index in [1.165, 1.54) is 6.33 Å². The Kier molecular flexibility index (Phi) is 8.06. The highest BCUT2D eigenvalue weighted by Gasteiger charge is 2.26. The number of fused-ring (bicyclic) bond motifs is 1. The minimum Gasteiger partial charge on any atom is -0.493 e. The van der Waals surface area contributed by atoms with E-state index in [1.54, 1.807) is 7.11 Å². The van der Waals surface area contributed by atoms with Gasteiger partial charge in [-0.05, 0) is 57.6 Å². The van der Waals surface area contributed by atoms with Crippen molar-refractivity contribution in [1.82, 2.24) is 24.8 Å². The van der Waals surface area contributed by atoms with Crippen LogP contribution >= 0.6 is 0 Å². The molecule has 1 atom stereocenters. The van der Waals surface area contributed by atoms with Crippen molar-refractivity contribution in [3.05, 3.63) is 42.4 Å². The van der Waals surface area contributed by atoms with Gasteiger partial charge in [0.1, 0.15) is 24.4 Å². The smallest absolute Gasteiger partial charge is 0.222 e. The number of rotatable bonds is 9. The van der Waals surface area contributed by atoms with E-state index in [0.29, 0.717) is 30.1 Å². The zero-order chi connectivity index (χ0) is 24.6. The van der Waals surface area contributed by atoms with Crippen molar-refractivity contribution in [2.45, 2.75) is 25.3 Å². The third-order valence-corrected chi connectivity index (χ3v) is 5.90. The van der Waals surface area contributed by atoms with Gasteiger partial charge in [-0.2, -0.15) is 0 Å². The SMILES string of the molecule is COc1ccccc1OCC#Cc1cc2c(NC3CCN(C(=O)CCCN(C)C)C3)ncnc2[nH]1. The standard InChI is InChI=1S/C26H32N6O3/c1-31(2)13-6-11-24(33)32-14-12-20(17-32)30-26-21-16-19(29-25(21)27-18-28-26)8-7-15-35-23-10-5-4-9-22(23)34-3/h4-5,9-10,16,18,20H,6,11-15,17H2,1-3H3,(H2,27,28,29,30). The Morgan fingerprint density at radius 2 is 2.11 bits per heavy atom. The van der Waals surface area contributed by atoms with Gasteiger partial charge in [0.05, 0.1) is 18.2 Å². The molecule has 1 fully saturated rings. The van der Waals surface area contributed by atoms with Crippen molar-refractivity contribution in [2.75, 3.05) is 52.8 Å². The molecule has 9 heteroatoms. The lowest BCUT2D eigenvalue weighted by atomic mass is 10.2. The molecule has 0 radical (unpaired) electrons. The second-order valence-corrected chi connectivity index (χ2v) is 8.79. The van der Waals surface area contributed by atoms with E-state index >= 15 is 0 Å². The summed E-state index contributed by atoms with van der Waals surface area (Å²) in [4.78, 5) is 28.6. The highest BCUT2D eigenvalue weighted by atomic mass is 16.5. The van der Waals surface area contributed by atoms with E-state index in [4.69, 9.17) is 9.47 Å². The molecule has 1 unspecified atom stereocenters. The van der Waals surface area contributed by atoms with Gasteiger partial charge in [0.25, 0.3) is 0 Å². The highest BCUT2D eigenvalue weighted by molar-refractivity contribution is 5.88. The Bertz CT molecular complexity index is 1210. The first kappa shape index (κ1) is 24.4. The molecule has 4 rings (SSSR count). The zero-order valence-electron chi connectivity index (χ0n) is 20.5. The molecular weight excluding hydrogens is 444 g/mol. The van der Waals surface area contributed by atoms with Crippen LogP contribution in [0.4, 0.5) is 5.82 Å². The number of nitrogens with one attached hydrogen (secondary N) is 2. The van der Waals surface area contributed by atoms with Crippen molar-refractivity contribution >= 4 is 22.8 Å². The van der Waals surface area contributed by atoms with Crippen molar-refractivity contribution < 1.29 is 14.3 Å². The van der Waals surface area contributed by atoms with Crippen LogP contribution in [0.25, 0.3) is 11.0 Å². The summed E-state index contributed by atoms with van der Waals surface area (Å²) in [5.74, 6) is 8.40. The zero-order valence-corrected chi connectivity index (χ0v) is 20.5. The van der Waals surface area contributed by atoms with Crippen LogP contribution in [-0.4, -0.2) is 84.1 Å². The predicted molar refractivity (Wildman–Crippen MR) is 136 cm³/mol. The number of H-pyrrole nitrogens is 1. The predicted octanol–water partition coefficient (Wildman–Crippen LogP) is 2.75. The Labute approximate surface area is 205 Å². The van der Waals surface area contributed by atoms with Crippen LogP contribution in [0.1, 0.15) is 25.0 Å². The molecule has 3 aromatic rings. The van der Waals surface area contributed by atoms with Crippen molar-refractivity contribution in [3.8, 4) is 23.3 Å². The van der Waals surface area contributed by atoms with Gasteiger partial charge >= 0.3 is 0 Å². The molecule has 1 saturated heterocycles. The number of ether oxygens (including phenoxy) is 2. The van der Waals surface area contributed by atoms with E-state index in [2.05, 4.69) is 37.0 Å². The lowest BCUT2D eigenvalue weighted by Crippen LogP contribution is -2.32. The van der Waals surface area contributed by atoms with Gasteiger partial charge < -0.3 is 29.6 Å². The Morgan fingerprint density at radius 3 is 2.91 bits per heavy atom. The van der Waals surface area contributed by atoms with E-state index < -0.39 is 0 Å². The lowest BCUT2D eigenvalue weighted by Gasteiger charge is -2.18. The number of likely N-dealkylation sites (tertiary alicyclic amines) is 1. The number of benzene rings is 1. The maximum absolute atomic E-state index is 12.5. The summed E-state index contributed by atoms with van der Waals surface area (Å²) >= 11 is 0. The number of nitrogens with zero attached hydrogens (tertiary/aromatic N) is 4. The van der Waals surface area contributed by atoms with E-state index in [1.807, 2.05) is 49.3 Å². The molecule has 9 nitrogen and oxygen atoms in total. The second kappa shape index (κ2) is 11.6. The number of amides is 1. The number of aromatic amines is 1. The maximum atomic E-state index is 12.5. The highest BCUT2D eigenvalue weighted by Crippen LogP contribution is 2.26. The molecule has 0 bridgehead atoms. The Morgan fingerprint density at radius 1 is 1.29 bits per heavy atom. The largest absolute Gasteiger partial charge is 0.493 e. The first-order valence-corrected chi connectivity index (χ1v) is 11.8. The summed E-state index contributed by atoms with van der Waals surface area (Å²) in [6, 6.07) is 9.57. The molecular formula is C26H32N6O3. The fraction of sp³-hybridized carbons (Fsp3) is 0.423. The van der Waals surface area contributed by atoms with Gasteiger partial charge in [0.2, 0.25) is 5.91 Å². The quantitative estimate of drug-likeness (QED) is 0.459. The summed E-state index contributed by atoms with van der Waals surface area (Å²) in [6.45, 7) is 2.60. The summed E-state index contributed by atoms with van der Waals surface area (Å²) in [5, 5.41) is 4.37. The van der Waals surface area contributed by atoms with Gasteiger partial charge in [0, 0.05) is 25.6 Å². The monoisotopic (exact) mass is 476 g/mol. The fourth-order valence-electron chi connectivity index (χ4n) is 4.11. The first-order chi connectivity index (χ1) is 17.0. The first-order valence-electron chi connectivity index (χ1n) is 11.8. The maximum Gasteiger partial charge on any atom is 0.222 e. The average Bonchev–Trinajstić information content (AvgIpc) is 3.49. The lowest BCUT2D eigenvalue weighted by molar-refractivity contribution is -0.130. The Hall–Kier alpha value is -3.77. The third-order valence-electron chi connectivity index (χ3n) is 5.90. The molecule has 1 aliphatic heterocycles. The van der Waals surface area contributed by atoms with E-state index in [-0.39, 0.29) is 18.6 Å². The number of hydrogen-bond acceptors (Lipinski definition) is 7. The molecule has 2 N–H and O–H groups in total. The van der Waals surface area contributed by atoms with Crippen LogP contribution < -0.4 is 14.8 Å². The molecule has 2 aromatic heterocycles. The molecule has 3 heterocycles. The topological polar surface area (TPSA) is 95.6 Å². The number of carbonyl (C=O) groups is 1. The van der Waals surface area contributed by atoms with Crippen LogP contribution in [0.3, 0.4) is 0 Å².